The molecule has 1 saturated heterocycles. The van der Waals surface area contributed by atoms with Gasteiger partial charge < -0.3 is 36.5 Å². The van der Waals surface area contributed by atoms with Crippen LogP contribution in [0.4, 0.5) is 0 Å². The molecule has 4 atom stereocenters. The minimum absolute atomic E-state index is 0.115. The Balaban J connectivity index is 1.98. The molecule has 4 unspecified atom stereocenters. The van der Waals surface area contributed by atoms with Crippen molar-refractivity contribution in [1.82, 2.24) is 31.2 Å². The lowest BCUT2D eigenvalue weighted by molar-refractivity contribution is -0.143. The van der Waals surface area contributed by atoms with Gasteiger partial charge in [-0.15, -0.1) is 0 Å². The molecule has 13 nitrogen and oxygen atoms in total. The van der Waals surface area contributed by atoms with Gasteiger partial charge in [-0.05, 0) is 26.3 Å². The number of carbonyl (C=O) groups is 5. The smallest absolute Gasteiger partial charge is 0.326 e. The van der Waals surface area contributed by atoms with Crippen LogP contribution in [-0.2, 0) is 30.4 Å². The van der Waals surface area contributed by atoms with Gasteiger partial charge in [0, 0.05) is 18.3 Å². The van der Waals surface area contributed by atoms with E-state index in [-0.39, 0.29) is 12.3 Å². The van der Waals surface area contributed by atoms with Crippen molar-refractivity contribution in [3.63, 3.8) is 0 Å². The highest BCUT2D eigenvalue weighted by Crippen LogP contribution is 2.05. The van der Waals surface area contributed by atoms with Crippen LogP contribution in [0, 0.1) is 0 Å². The van der Waals surface area contributed by atoms with E-state index in [0.29, 0.717) is 18.7 Å². The van der Waals surface area contributed by atoms with Crippen molar-refractivity contribution in [1.29, 1.82) is 0 Å². The molecule has 2 rings (SSSR count). The fourth-order valence-corrected chi connectivity index (χ4v) is 3.06. The summed E-state index contributed by atoms with van der Waals surface area (Å²) in [5.74, 6) is -4.82. The van der Waals surface area contributed by atoms with Crippen LogP contribution >= 0.6 is 0 Å². The van der Waals surface area contributed by atoms with Gasteiger partial charge in [-0.25, -0.2) is 9.78 Å². The number of aromatic nitrogens is 2. The summed E-state index contributed by atoms with van der Waals surface area (Å²) in [5.41, 5.74) is 0.448. The number of nitrogens with zero attached hydrogens (tertiary/aromatic N) is 1. The SMILES string of the molecule is CC(NC(=O)C1CCCN1)C(=O)NC(CC(=O)O)C(=O)NC(Cc1cnc[nH]1)C(=O)O. The summed E-state index contributed by atoms with van der Waals surface area (Å²) in [7, 11) is 0. The Labute approximate surface area is 177 Å². The van der Waals surface area contributed by atoms with Gasteiger partial charge in [-0.3, -0.25) is 19.2 Å². The van der Waals surface area contributed by atoms with E-state index in [0.717, 1.165) is 6.42 Å². The van der Waals surface area contributed by atoms with Gasteiger partial charge in [-0.1, -0.05) is 0 Å². The molecule has 13 heteroatoms. The molecule has 1 aliphatic rings. The summed E-state index contributed by atoms with van der Waals surface area (Å²) in [4.78, 5) is 66.2. The first-order valence-corrected chi connectivity index (χ1v) is 9.73. The third-order valence-corrected chi connectivity index (χ3v) is 4.73. The number of aromatic amines is 1. The molecule has 0 radical (unpaired) electrons. The van der Waals surface area contributed by atoms with Gasteiger partial charge in [0.2, 0.25) is 17.7 Å². The monoisotopic (exact) mass is 438 g/mol. The van der Waals surface area contributed by atoms with Crippen molar-refractivity contribution < 1.29 is 34.2 Å². The van der Waals surface area contributed by atoms with E-state index < -0.39 is 54.3 Å². The predicted octanol–water partition coefficient (Wildman–Crippen LogP) is -2.26. The zero-order valence-corrected chi connectivity index (χ0v) is 16.9. The van der Waals surface area contributed by atoms with E-state index in [9.17, 15) is 29.1 Å². The molecule has 3 amide bonds. The van der Waals surface area contributed by atoms with E-state index in [1.54, 1.807) is 0 Å². The fraction of sp³-hybridized carbons (Fsp3) is 0.556. The first-order chi connectivity index (χ1) is 14.7. The number of amides is 3. The first kappa shape index (κ1) is 23.8. The molecule has 0 bridgehead atoms. The van der Waals surface area contributed by atoms with Gasteiger partial charge in [0.1, 0.15) is 18.1 Å². The van der Waals surface area contributed by atoms with E-state index in [1.165, 1.54) is 19.4 Å². The maximum absolute atomic E-state index is 12.5. The van der Waals surface area contributed by atoms with Crippen molar-refractivity contribution in [2.24, 2.45) is 0 Å². The Kier molecular flexibility index (Phi) is 8.49. The number of carboxylic acid groups (broad SMARTS) is 2. The van der Waals surface area contributed by atoms with Gasteiger partial charge in [0.25, 0.3) is 0 Å². The van der Waals surface area contributed by atoms with Crippen molar-refractivity contribution >= 4 is 29.7 Å². The summed E-state index contributed by atoms with van der Waals surface area (Å²) >= 11 is 0. The third kappa shape index (κ3) is 7.37. The minimum Gasteiger partial charge on any atom is -0.481 e. The number of rotatable bonds is 11. The predicted molar refractivity (Wildman–Crippen MR) is 105 cm³/mol. The second-order valence-corrected chi connectivity index (χ2v) is 7.22. The Hall–Kier alpha value is -3.48. The third-order valence-electron chi connectivity index (χ3n) is 4.73. The molecule has 1 aromatic heterocycles. The molecule has 1 fully saturated rings. The molecule has 2 heterocycles. The Morgan fingerprint density at radius 2 is 1.84 bits per heavy atom. The minimum atomic E-state index is -1.53. The molecular weight excluding hydrogens is 412 g/mol. The summed E-state index contributed by atoms with van der Waals surface area (Å²) in [5, 5.41) is 28.4. The Morgan fingerprint density at radius 1 is 1.13 bits per heavy atom. The topological polar surface area (TPSA) is 203 Å². The maximum Gasteiger partial charge on any atom is 0.326 e. The van der Waals surface area contributed by atoms with Crippen LogP contribution in [0.3, 0.4) is 0 Å². The van der Waals surface area contributed by atoms with Gasteiger partial charge in [-0.2, -0.15) is 0 Å². The average molecular weight is 438 g/mol. The molecule has 0 spiro atoms. The lowest BCUT2D eigenvalue weighted by atomic mass is 10.1. The number of carbonyl (C=O) groups excluding carboxylic acids is 3. The summed E-state index contributed by atoms with van der Waals surface area (Å²) in [6.45, 7) is 2.10. The highest BCUT2D eigenvalue weighted by Gasteiger charge is 2.31. The van der Waals surface area contributed by atoms with Crippen LogP contribution in [0.15, 0.2) is 12.5 Å². The van der Waals surface area contributed by atoms with Crippen molar-refractivity contribution in [3.05, 3.63) is 18.2 Å². The van der Waals surface area contributed by atoms with E-state index in [2.05, 4.69) is 31.2 Å². The highest BCUT2D eigenvalue weighted by atomic mass is 16.4. The standard InChI is InChI=1S/C18H26N6O7/c1-9(22-16(28)11-3-2-4-20-11)15(27)23-12(6-14(25)26)17(29)24-13(18(30)31)5-10-7-19-8-21-10/h7-9,11-13,20H,2-6H2,1H3,(H,19,21)(H,22,28)(H,23,27)(H,24,29)(H,25,26)(H,30,31). The number of nitrogens with one attached hydrogen (secondary N) is 5. The zero-order valence-electron chi connectivity index (χ0n) is 16.9. The average Bonchev–Trinajstić information content (AvgIpc) is 3.40. The highest BCUT2D eigenvalue weighted by molar-refractivity contribution is 5.95. The molecule has 0 saturated carbocycles. The number of hydrogen-bond donors (Lipinski definition) is 7. The molecule has 0 aromatic carbocycles. The Bertz CT molecular complexity index is 806. The largest absolute Gasteiger partial charge is 0.481 e. The van der Waals surface area contributed by atoms with Crippen molar-refractivity contribution in [2.45, 2.75) is 56.8 Å². The zero-order chi connectivity index (χ0) is 23.0. The lowest BCUT2D eigenvalue weighted by Crippen LogP contribution is -2.57. The van der Waals surface area contributed by atoms with E-state index >= 15 is 0 Å². The summed E-state index contributed by atoms with van der Waals surface area (Å²) in [6.07, 6.45) is 3.33. The Morgan fingerprint density at radius 3 is 2.39 bits per heavy atom. The van der Waals surface area contributed by atoms with Gasteiger partial charge in [0.05, 0.1) is 18.8 Å². The first-order valence-electron chi connectivity index (χ1n) is 9.73. The normalized spacial score (nSPS) is 18.4. The molecule has 170 valence electrons. The molecule has 7 N–H and O–H groups in total. The van der Waals surface area contributed by atoms with Crippen LogP contribution < -0.4 is 21.3 Å². The van der Waals surface area contributed by atoms with E-state index in [1.807, 2.05) is 0 Å². The molecular formula is C18H26N6O7. The van der Waals surface area contributed by atoms with Crippen LogP contribution in [0.2, 0.25) is 0 Å². The summed E-state index contributed by atoms with van der Waals surface area (Å²) in [6, 6.07) is -4.34. The number of aliphatic carboxylic acids is 2. The second-order valence-electron chi connectivity index (χ2n) is 7.22. The quantitative estimate of drug-likeness (QED) is 0.199. The molecule has 0 aliphatic carbocycles. The number of H-pyrrole nitrogens is 1. The van der Waals surface area contributed by atoms with Gasteiger partial charge >= 0.3 is 11.9 Å². The lowest BCUT2D eigenvalue weighted by Gasteiger charge is -2.22. The van der Waals surface area contributed by atoms with Crippen LogP contribution in [-0.4, -0.2) is 80.6 Å². The van der Waals surface area contributed by atoms with Crippen LogP contribution in [0.1, 0.15) is 31.9 Å². The fourth-order valence-electron chi connectivity index (χ4n) is 3.06. The van der Waals surface area contributed by atoms with Crippen molar-refractivity contribution in [3.8, 4) is 0 Å². The van der Waals surface area contributed by atoms with Crippen LogP contribution in [0.25, 0.3) is 0 Å². The van der Waals surface area contributed by atoms with Crippen LogP contribution in [0.5, 0.6) is 0 Å². The number of carboxylic acids is 2. The molecule has 1 aliphatic heterocycles. The van der Waals surface area contributed by atoms with Gasteiger partial charge in [0.15, 0.2) is 0 Å². The summed E-state index contributed by atoms with van der Waals surface area (Å²) < 4.78 is 0. The maximum atomic E-state index is 12.5. The van der Waals surface area contributed by atoms with Crippen molar-refractivity contribution in [2.75, 3.05) is 6.54 Å². The molecule has 31 heavy (non-hydrogen) atoms. The number of hydrogen-bond acceptors (Lipinski definition) is 7. The number of imidazole rings is 1. The molecule has 1 aromatic rings. The van der Waals surface area contributed by atoms with E-state index in [4.69, 9.17) is 5.11 Å². The second kappa shape index (κ2) is 11.1.